The van der Waals surface area contributed by atoms with E-state index in [1.54, 1.807) is 63.8 Å². The number of nitrogens with one attached hydrogen (secondary N) is 2. The third-order valence-electron chi connectivity index (χ3n) is 16.5. The van der Waals surface area contributed by atoms with Crippen LogP contribution in [0.1, 0.15) is 157 Å². The van der Waals surface area contributed by atoms with Crippen molar-refractivity contribution in [2.75, 3.05) is 13.7 Å². The molecule has 9 aromatic rings. The van der Waals surface area contributed by atoms with Gasteiger partial charge in [0.15, 0.2) is 17.1 Å². The number of rotatable bonds is 13. The molecule has 0 saturated heterocycles. The van der Waals surface area contributed by atoms with Gasteiger partial charge in [-0.3, -0.25) is 33.0 Å². The van der Waals surface area contributed by atoms with E-state index in [1.807, 2.05) is 80.9 Å². The molecule has 3 N–H and O–H groups in total. The van der Waals surface area contributed by atoms with E-state index >= 15 is 0 Å². The van der Waals surface area contributed by atoms with Gasteiger partial charge in [0, 0.05) is 56.6 Å². The highest BCUT2D eigenvalue weighted by Gasteiger charge is 2.31. The summed E-state index contributed by atoms with van der Waals surface area (Å²) in [4.78, 5) is 55.6. The number of methoxy groups -OCH3 is 1. The molecule has 2 amide bonds. The summed E-state index contributed by atoms with van der Waals surface area (Å²) in [5.41, 5.74) is 13.5. The molecule has 16 nitrogen and oxygen atoms in total. The number of aliphatic hydroxyl groups is 1. The first-order valence-corrected chi connectivity index (χ1v) is 30.7. The molecular formula is C72H72F4N10O6. The fraction of sp³-hybridized carbons (Fsp3) is 0.278. The number of esters is 1. The Kier molecular flexibility index (Phi) is 21.3. The van der Waals surface area contributed by atoms with Gasteiger partial charge in [-0.25, -0.2) is 27.3 Å². The Balaban J connectivity index is 0.000000153. The fourth-order valence-corrected chi connectivity index (χ4v) is 12.2. The number of hydrogen-bond acceptors (Lipinski definition) is 10. The maximum absolute atomic E-state index is 13.7. The summed E-state index contributed by atoms with van der Waals surface area (Å²) >= 11 is 0. The summed E-state index contributed by atoms with van der Waals surface area (Å²) < 4.78 is 65.7. The van der Waals surface area contributed by atoms with Crippen LogP contribution in [-0.2, 0) is 56.4 Å². The third-order valence-corrected chi connectivity index (χ3v) is 16.5. The monoisotopic (exact) mass is 1250 g/mol. The van der Waals surface area contributed by atoms with Crippen LogP contribution in [0.5, 0.6) is 0 Å². The molecule has 0 unspecified atom stereocenters. The van der Waals surface area contributed by atoms with Gasteiger partial charge in [-0.05, 0) is 188 Å². The Hall–Kier alpha value is -10.1. The van der Waals surface area contributed by atoms with Crippen molar-refractivity contribution in [3.8, 4) is 0 Å². The van der Waals surface area contributed by atoms with Crippen LogP contribution in [-0.4, -0.2) is 87.4 Å². The zero-order valence-corrected chi connectivity index (χ0v) is 51.7. The Labute approximate surface area is 531 Å². The summed E-state index contributed by atoms with van der Waals surface area (Å²) in [5, 5.41) is 29.0. The maximum Gasteiger partial charge on any atom is 0.328 e. The number of aromatic nitrogens is 8. The van der Waals surface area contributed by atoms with E-state index in [4.69, 9.17) is 4.74 Å². The number of nitrogens with zero attached hydrogens (tertiary/aromatic N) is 8. The van der Waals surface area contributed by atoms with Crippen LogP contribution in [0.2, 0.25) is 0 Å². The van der Waals surface area contributed by atoms with Gasteiger partial charge in [0.25, 0.3) is 17.7 Å². The number of hydrogen-bond donors (Lipinski definition) is 3. The molecule has 0 radical (unpaired) electrons. The van der Waals surface area contributed by atoms with Crippen molar-refractivity contribution in [3.63, 3.8) is 0 Å². The van der Waals surface area contributed by atoms with Crippen LogP contribution >= 0.6 is 0 Å². The lowest BCUT2D eigenvalue weighted by molar-refractivity contribution is -0.142. The number of halogens is 4. The first kappa shape index (κ1) is 64.9. The predicted octanol–water partition coefficient (Wildman–Crippen LogP) is 12.5. The average Bonchev–Trinajstić information content (AvgIpc) is 1.79. The molecule has 92 heavy (non-hydrogen) atoms. The van der Waals surface area contributed by atoms with Crippen LogP contribution in [0.3, 0.4) is 0 Å². The fourth-order valence-electron chi connectivity index (χ4n) is 12.2. The number of amides is 2. The Morgan fingerprint density at radius 2 is 0.978 bits per heavy atom. The van der Waals surface area contributed by atoms with Crippen molar-refractivity contribution in [1.29, 1.82) is 0 Å². The maximum atomic E-state index is 13.7. The predicted molar refractivity (Wildman–Crippen MR) is 344 cm³/mol. The van der Waals surface area contributed by atoms with E-state index in [-0.39, 0.29) is 53.8 Å². The summed E-state index contributed by atoms with van der Waals surface area (Å²) in [5.74, 6) is -2.78. The zero-order valence-electron chi connectivity index (χ0n) is 51.7. The number of benzene rings is 5. The molecule has 3 aliphatic carbocycles. The number of aryl methyl sites for hydroxylation is 3. The van der Waals surface area contributed by atoms with Crippen LogP contribution in [0.15, 0.2) is 146 Å². The van der Waals surface area contributed by atoms with E-state index in [9.17, 15) is 41.8 Å². The van der Waals surface area contributed by atoms with Gasteiger partial charge in [-0.2, -0.15) is 15.3 Å². The SMILES string of the molecule is COC(=O)[C@H](Cc1ccc(F)cc1)NC(=O)c1nn(C)c2c1CCCC/C2=C\c1cccc(F)c1.Cn1nc(C(=O)N[C@@H](CO)c2ccccc2)c2c1/C(=C/c1cccc(F)c1)CCCC2.Cn1nc(C(=O)n2ccnc2)c2c1/C(=C/c1cccc(F)c1)CCCC2. The summed E-state index contributed by atoms with van der Waals surface area (Å²) in [6.45, 7) is -0.199. The molecule has 2 atom stereocenters. The molecule has 0 aliphatic heterocycles. The quantitative estimate of drug-likeness (QED) is 0.0568. The van der Waals surface area contributed by atoms with Crippen LogP contribution < -0.4 is 10.6 Å². The van der Waals surface area contributed by atoms with E-state index in [0.29, 0.717) is 23.4 Å². The van der Waals surface area contributed by atoms with E-state index in [0.717, 1.165) is 143 Å². The first-order chi connectivity index (χ1) is 44.5. The van der Waals surface area contributed by atoms with Crippen molar-refractivity contribution in [1.82, 2.24) is 49.5 Å². The lowest BCUT2D eigenvalue weighted by Crippen LogP contribution is -2.43. The number of carbonyl (C=O) groups excluding carboxylic acids is 4. The van der Waals surface area contributed by atoms with Gasteiger partial charge in [-0.1, -0.05) is 78.9 Å². The molecule has 0 saturated carbocycles. The lowest BCUT2D eigenvalue weighted by atomic mass is 10.0. The number of fused-ring (bicyclic) bond motifs is 3. The molecule has 0 fully saturated rings. The zero-order chi connectivity index (χ0) is 64.8. The Bertz CT molecular complexity index is 4200. The van der Waals surface area contributed by atoms with Crippen molar-refractivity contribution in [3.05, 3.63) is 248 Å². The molecule has 4 heterocycles. The minimum Gasteiger partial charge on any atom is -0.467 e. The molecular weight excluding hydrogens is 1180 g/mol. The highest BCUT2D eigenvalue weighted by atomic mass is 19.1. The van der Waals surface area contributed by atoms with Gasteiger partial charge in [0.2, 0.25) is 0 Å². The molecule has 4 aromatic heterocycles. The smallest absolute Gasteiger partial charge is 0.328 e. The van der Waals surface area contributed by atoms with Gasteiger partial charge in [-0.15, -0.1) is 0 Å². The van der Waals surface area contributed by atoms with Gasteiger partial charge in [0.05, 0.1) is 36.8 Å². The molecule has 5 aromatic carbocycles. The Morgan fingerprint density at radius 3 is 1.40 bits per heavy atom. The number of imidazole rings is 1. The normalized spacial score (nSPS) is 15.6. The van der Waals surface area contributed by atoms with Crippen molar-refractivity contribution >= 4 is 58.6 Å². The van der Waals surface area contributed by atoms with Gasteiger partial charge < -0.3 is 20.5 Å². The van der Waals surface area contributed by atoms with Crippen LogP contribution in [0.4, 0.5) is 17.6 Å². The topological polar surface area (TPSA) is 193 Å². The average molecular weight is 1250 g/mol. The minimum absolute atomic E-state index is 0.151. The van der Waals surface area contributed by atoms with Gasteiger partial charge >= 0.3 is 5.97 Å². The largest absolute Gasteiger partial charge is 0.467 e. The van der Waals surface area contributed by atoms with Gasteiger partial charge in [0.1, 0.15) is 35.6 Å². The lowest BCUT2D eigenvalue weighted by Gasteiger charge is -2.16. The number of allylic oxidation sites excluding steroid dienone is 3. The molecule has 20 heteroatoms. The standard InChI is InChI=1S/C27H27F2N3O3.C25H26FN3O2.C20H19FN4O/c1-32-25-19(14-18-6-5-8-21(29)15-18)7-3-4-9-22(25)24(31-32)26(33)30-23(27(34)35-2)16-17-10-12-20(28)13-11-17;1-29-24-19(14-17-8-7-12-20(26)15-17)11-5-6-13-21(24)23(28-29)25(31)27-22(16-30)18-9-3-2-4-10-18;1-24-19-15(11-14-5-4-7-16(21)12-14)6-2-3-8-17(19)18(23-24)20(26)25-10-9-22-13-25/h5-6,8,10-15,23H,3-4,7,9,16H2,1-2H3,(H,30,33);2-4,7-10,12,14-15,22,30H,5-6,11,13,16H2,1H3,(H,27,31);4-5,7,9-13H,2-3,6,8H2,1H3/b2*19-14+;15-11+/t23-;22-;/m00./s1. The highest BCUT2D eigenvalue weighted by Crippen LogP contribution is 2.37. The second-order valence-corrected chi connectivity index (χ2v) is 23.0. The highest BCUT2D eigenvalue weighted by molar-refractivity contribution is 5.99. The summed E-state index contributed by atoms with van der Waals surface area (Å²) in [6.07, 6.45) is 21.2. The molecule has 12 rings (SSSR count). The second kappa shape index (κ2) is 30.2. The molecule has 0 bridgehead atoms. The minimum atomic E-state index is -0.955. The number of carbonyl (C=O) groups is 4. The Morgan fingerprint density at radius 1 is 0.543 bits per heavy atom. The van der Waals surface area contributed by atoms with Crippen LogP contribution in [0.25, 0.3) is 34.9 Å². The van der Waals surface area contributed by atoms with Crippen LogP contribution in [0, 0.1) is 23.3 Å². The first-order valence-electron chi connectivity index (χ1n) is 30.7. The third kappa shape index (κ3) is 15.7. The van der Waals surface area contributed by atoms with Crippen molar-refractivity contribution < 1.29 is 46.6 Å². The summed E-state index contributed by atoms with van der Waals surface area (Å²) in [7, 11) is 6.72. The van der Waals surface area contributed by atoms with E-state index in [1.165, 1.54) is 66.5 Å². The van der Waals surface area contributed by atoms with E-state index < -0.39 is 24.0 Å². The molecule has 3 aliphatic rings. The van der Waals surface area contributed by atoms with E-state index in [2.05, 4.69) is 30.9 Å². The van der Waals surface area contributed by atoms with Crippen molar-refractivity contribution in [2.24, 2.45) is 21.1 Å². The molecule has 0 spiro atoms. The second-order valence-electron chi connectivity index (χ2n) is 23.0. The molecule has 474 valence electrons. The summed E-state index contributed by atoms with van der Waals surface area (Å²) in [6, 6.07) is 33.1. The number of aliphatic hydroxyl groups excluding tert-OH is 1. The number of ether oxygens (including phenoxy) is 1. The van der Waals surface area contributed by atoms with Crippen molar-refractivity contribution in [2.45, 2.75) is 95.6 Å².